The van der Waals surface area contributed by atoms with E-state index in [1.807, 2.05) is 6.20 Å². The first kappa shape index (κ1) is 17.0. The molecule has 1 aromatic rings. The molecule has 0 radical (unpaired) electrons. The van der Waals surface area contributed by atoms with Crippen LogP contribution in [0.2, 0.25) is 0 Å². The lowest BCUT2D eigenvalue weighted by atomic mass is 9.95. The van der Waals surface area contributed by atoms with Crippen molar-refractivity contribution in [2.24, 2.45) is 5.92 Å². The first-order valence-electron chi connectivity index (χ1n) is 7.83. The molecule has 1 atom stereocenters. The molecule has 1 unspecified atom stereocenters. The van der Waals surface area contributed by atoms with Crippen LogP contribution in [0, 0.1) is 19.8 Å². The van der Waals surface area contributed by atoms with Crippen molar-refractivity contribution in [3.63, 3.8) is 0 Å². The molecule has 0 aliphatic rings. The van der Waals surface area contributed by atoms with Crippen molar-refractivity contribution in [1.29, 1.82) is 0 Å². The van der Waals surface area contributed by atoms with Gasteiger partial charge in [-0.25, -0.2) is 0 Å². The molecule has 0 amide bonds. The highest BCUT2D eigenvalue weighted by molar-refractivity contribution is 5.41. The van der Waals surface area contributed by atoms with Crippen LogP contribution >= 0.6 is 0 Å². The summed E-state index contributed by atoms with van der Waals surface area (Å²) in [6, 6.07) is 0. The summed E-state index contributed by atoms with van der Waals surface area (Å²) in [6.45, 7) is 10.8. The van der Waals surface area contributed by atoms with Crippen LogP contribution in [0.5, 0.6) is 5.75 Å². The molecular formula is C17H30N2O. The summed E-state index contributed by atoms with van der Waals surface area (Å²) >= 11 is 0. The summed E-state index contributed by atoms with van der Waals surface area (Å²) < 4.78 is 5.50. The quantitative estimate of drug-likeness (QED) is 0.700. The van der Waals surface area contributed by atoms with Gasteiger partial charge in [-0.3, -0.25) is 4.98 Å². The monoisotopic (exact) mass is 278 g/mol. The van der Waals surface area contributed by atoms with Gasteiger partial charge in [-0.1, -0.05) is 20.3 Å². The number of aryl methyl sites for hydroxylation is 1. The van der Waals surface area contributed by atoms with E-state index in [1.54, 1.807) is 7.11 Å². The van der Waals surface area contributed by atoms with E-state index in [0.717, 1.165) is 30.8 Å². The van der Waals surface area contributed by atoms with Crippen LogP contribution in [0.15, 0.2) is 6.20 Å². The zero-order valence-corrected chi connectivity index (χ0v) is 13.8. The van der Waals surface area contributed by atoms with Crippen molar-refractivity contribution < 1.29 is 4.74 Å². The maximum Gasteiger partial charge on any atom is 0.128 e. The summed E-state index contributed by atoms with van der Waals surface area (Å²) in [4.78, 5) is 4.63. The number of rotatable bonds is 9. The van der Waals surface area contributed by atoms with E-state index in [-0.39, 0.29) is 0 Å². The van der Waals surface area contributed by atoms with Crippen molar-refractivity contribution in [2.45, 2.75) is 53.4 Å². The fraction of sp³-hybridized carbons (Fsp3) is 0.706. The van der Waals surface area contributed by atoms with Gasteiger partial charge in [0.15, 0.2) is 0 Å². The highest BCUT2D eigenvalue weighted by Crippen LogP contribution is 2.26. The first-order valence-corrected chi connectivity index (χ1v) is 7.83. The van der Waals surface area contributed by atoms with Crippen molar-refractivity contribution in [3.05, 3.63) is 23.0 Å². The van der Waals surface area contributed by atoms with E-state index < -0.39 is 0 Å². The van der Waals surface area contributed by atoms with E-state index >= 15 is 0 Å². The zero-order valence-electron chi connectivity index (χ0n) is 13.8. The molecule has 114 valence electrons. The van der Waals surface area contributed by atoms with Crippen molar-refractivity contribution in [1.82, 2.24) is 10.3 Å². The number of nitrogens with one attached hydrogen (secondary N) is 1. The van der Waals surface area contributed by atoms with Crippen LogP contribution in [0.3, 0.4) is 0 Å². The maximum absolute atomic E-state index is 5.50. The molecule has 3 heteroatoms. The van der Waals surface area contributed by atoms with Crippen LogP contribution in [-0.2, 0) is 6.42 Å². The minimum absolute atomic E-state index is 0.658. The van der Waals surface area contributed by atoms with Gasteiger partial charge in [0.1, 0.15) is 5.75 Å². The molecule has 0 bridgehead atoms. The minimum atomic E-state index is 0.658. The Hall–Kier alpha value is -1.09. The van der Waals surface area contributed by atoms with Gasteiger partial charge in [0.05, 0.1) is 7.11 Å². The lowest BCUT2D eigenvalue weighted by Crippen LogP contribution is -2.25. The number of methoxy groups -OCH3 is 1. The standard InChI is InChI=1S/C17H30N2O/c1-6-8-15(12-18-9-7-2)10-16-14(4)17(20-5)13(3)11-19-16/h11,15,18H,6-10,12H2,1-5H3. The van der Waals surface area contributed by atoms with Gasteiger partial charge in [-0.15, -0.1) is 0 Å². The molecule has 0 spiro atoms. The summed E-state index contributed by atoms with van der Waals surface area (Å²) in [7, 11) is 1.74. The Balaban J connectivity index is 2.77. The van der Waals surface area contributed by atoms with Crippen LogP contribution in [-0.4, -0.2) is 25.2 Å². The van der Waals surface area contributed by atoms with E-state index in [1.165, 1.54) is 30.5 Å². The zero-order chi connectivity index (χ0) is 15.0. The second-order valence-corrected chi connectivity index (χ2v) is 5.61. The Morgan fingerprint density at radius 3 is 2.60 bits per heavy atom. The molecule has 0 aliphatic heterocycles. The molecule has 0 fully saturated rings. The van der Waals surface area contributed by atoms with Crippen LogP contribution < -0.4 is 10.1 Å². The average Bonchev–Trinajstić information content (AvgIpc) is 2.43. The van der Waals surface area contributed by atoms with Gasteiger partial charge in [0, 0.05) is 23.0 Å². The van der Waals surface area contributed by atoms with Gasteiger partial charge in [0.2, 0.25) is 0 Å². The Bertz CT molecular complexity index is 404. The fourth-order valence-corrected chi connectivity index (χ4v) is 2.72. The summed E-state index contributed by atoms with van der Waals surface area (Å²) in [5.74, 6) is 1.65. The number of pyridine rings is 1. The molecule has 1 heterocycles. The molecule has 1 rings (SSSR count). The average molecular weight is 278 g/mol. The van der Waals surface area contributed by atoms with Gasteiger partial charge >= 0.3 is 0 Å². The fourth-order valence-electron chi connectivity index (χ4n) is 2.72. The van der Waals surface area contributed by atoms with Crippen LogP contribution in [0.25, 0.3) is 0 Å². The predicted octanol–water partition coefficient (Wildman–Crippen LogP) is 3.67. The van der Waals surface area contributed by atoms with Gasteiger partial charge in [0.25, 0.3) is 0 Å². The highest BCUT2D eigenvalue weighted by Gasteiger charge is 2.14. The third-order valence-electron chi connectivity index (χ3n) is 3.79. The molecule has 0 saturated heterocycles. The molecular weight excluding hydrogens is 248 g/mol. The molecule has 1 aromatic heterocycles. The van der Waals surface area contributed by atoms with Crippen molar-refractivity contribution in [2.75, 3.05) is 20.2 Å². The van der Waals surface area contributed by atoms with Crippen LogP contribution in [0.1, 0.15) is 49.9 Å². The molecule has 0 aromatic carbocycles. The number of nitrogens with zero attached hydrogens (tertiary/aromatic N) is 1. The smallest absolute Gasteiger partial charge is 0.128 e. The molecule has 3 nitrogen and oxygen atoms in total. The highest BCUT2D eigenvalue weighted by atomic mass is 16.5. The first-order chi connectivity index (χ1) is 9.63. The SMILES string of the molecule is CCCNCC(CCC)Cc1ncc(C)c(OC)c1C. The Morgan fingerprint density at radius 1 is 1.25 bits per heavy atom. The number of hydrogen-bond acceptors (Lipinski definition) is 3. The summed E-state index contributed by atoms with van der Waals surface area (Å²) in [5, 5.41) is 3.54. The van der Waals surface area contributed by atoms with E-state index in [2.05, 4.69) is 38.0 Å². The molecule has 0 aliphatic carbocycles. The molecule has 0 saturated carbocycles. The predicted molar refractivity (Wildman–Crippen MR) is 85.5 cm³/mol. The molecule has 1 N–H and O–H groups in total. The van der Waals surface area contributed by atoms with Gasteiger partial charge in [-0.2, -0.15) is 0 Å². The Kier molecular flexibility index (Phi) is 7.60. The normalized spacial score (nSPS) is 12.4. The second kappa shape index (κ2) is 8.96. The van der Waals surface area contributed by atoms with E-state index in [0.29, 0.717) is 5.92 Å². The Morgan fingerprint density at radius 2 is 2.00 bits per heavy atom. The van der Waals surface area contributed by atoms with Crippen molar-refractivity contribution in [3.8, 4) is 5.75 Å². The summed E-state index contributed by atoms with van der Waals surface area (Å²) in [6.07, 6.45) is 6.62. The number of hydrogen-bond donors (Lipinski definition) is 1. The lowest BCUT2D eigenvalue weighted by Gasteiger charge is -2.19. The maximum atomic E-state index is 5.50. The third-order valence-corrected chi connectivity index (χ3v) is 3.79. The van der Waals surface area contributed by atoms with E-state index in [4.69, 9.17) is 4.74 Å². The van der Waals surface area contributed by atoms with Gasteiger partial charge in [-0.05, 0) is 52.1 Å². The van der Waals surface area contributed by atoms with Crippen LogP contribution in [0.4, 0.5) is 0 Å². The third kappa shape index (κ3) is 4.78. The van der Waals surface area contributed by atoms with E-state index in [9.17, 15) is 0 Å². The largest absolute Gasteiger partial charge is 0.496 e. The van der Waals surface area contributed by atoms with Gasteiger partial charge < -0.3 is 10.1 Å². The lowest BCUT2D eigenvalue weighted by molar-refractivity contribution is 0.402. The van der Waals surface area contributed by atoms with Crippen molar-refractivity contribution >= 4 is 0 Å². The topological polar surface area (TPSA) is 34.2 Å². The number of aromatic nitrogens is 1. The molecule has 20 heavy (non-hydrogen) atoms. The summed E-state index contributed by atoms with van der Waals surface area (Å²) in [5.41, 5.74) is 3.50. The second-order valence-electron chi connectivity index (χ2n) is 5.61. The Labute approximate surface area is 124 Å². The minimum Gasteiger partial charge on any atom is -0.496 e. The number of ether oxygens (including phenoxy) is 1.